The number of hydrogen-bond acceptors (Lipinski definition) is 4. The molecule has 1 aromatic heterocycles. The van der Waals surface area contributed by atoms with Crippen LogP contribution >= 0.6 is 11.6 Å². The van der Waals surface area contributed by atoms with Gasteiger partial charge < -0.3 is 10.1 Å². The number of fused-ring (bicyclic) bond motifs is 2. The molecule has 1 heterocycles. The monoisotopic (exact) mass is 428 g/mol. The van der Waals surface area contributed by atoms with Crippen molar-refractivity contribution < 1.29 is 9.53 Å². The normalized spacial score (nSPS) is 11.0. The third-order valence-corrected chi connectivity index (χ3v) is 5.26. The lowest BCUT2D eigenvalue weighted by molar-refractivity contribution is 0.102. The maximum absolute atomic E-state index is 12.8. The molecule has 0 atom stereocenters. The fourth-order valence-electron chi connectivity index (χ4n) is 3.54. The Labute approximate surface area is 183 Å². The summed E-state index contributed by atoms with van der Waals surface area (Å²) in [5.74, 6) is 0.130. The third-order valence-electron chi connectivity index (χ3n) is 5.03. The number of nitrogens with zero attached hydrogens (tertiary/aromatic N) is 3. The number of hydrogen-bond donors (Lipinski definition) is 1. The number of nitrogens with one attached hydrogen (secondary N) is 1. The first-order valence-electron chi connectivity index (χ1n) is 9.62. The Bertz CT molecular complexity index is 1440. The molecule has 0 radical (unpaired) electrons. The van der Waals surface area contributed by atoms with Crippen LogP contribution in [0.4, 0.5) is 5.69 Å². The van der Waals surface area contributed by atoms with Crippen molar-refractivity contribution in [2.75, 3.05) is 12.4 Å². The average Bonchev–Trinajstić information content (AvgIpc) is 3.22. The summed E-state index contributed by atoms with van der Waals surface area (Å²) in [5.41, 5.74) is 3.25. The SMILES string of the molecule is COc1ccc(Cl)cc1C(=O)Nc1ccc2nn(-c3cccc4ccccc34)nc2c1. The number of ether oxygens (including phenoxy) is 1. The number of methoxy groups -OCH3 is 1. The number of carbonyl (C=O) groups is 1. The molecule has 6 nitrogen and oxygen atoms in total. The summed E-state index contributed by atoms with van der Waals surface area (Å²) >= 11 is 6.04. The number of carbonyl (C=O) groups excluding carboxylic acids is 1. The van der Waals surface area contributed by atoms with Crippen LogP contribution in [0.25, 0.3) is 27.5 Å². The van der Waals surface area contributed by atoms with Crippen LogP contribution in [0.1, 0.15) is 10.4 Å². The van der Waals surface area contributed by atoms with E-state index in [4.69, 9.17) is 16.3 Å². The van der Waals surface area contributed by atoms with Crippen molar-refractivity contribution in [1.82, 2.24) is 15.0 Å². The van der Waals surface area contributed by atoms with E-state index in [-0.39, 0.29) is 5.91 Å². The van der Waals surface area contributed by atoms with Crippen molar-refractivity contribution >= 4 is 45.0 Å². The van der Waals surface area contributed by atoms with Gasteiger partial charge in [0.1, 0.15) is 16.8 Å². The predicted molar refractivity (Wildman–Crippen MR) is 122 cm³/mol. The van der Waals surface area contributed by atoms with Gasteiger partial charge in [-0.2, -0.15) is 0 Å². The Morgan fingerprint density at radius 1 is 0.935 bits per heavy atom. The van der Waals surface area contributed by atoms with E-state index >= 15 is 0 Å². The maximum atomic E-state index is 12.8. The second kappa shape index (κ2) is 7.74. The van der Waals surface area contributed by atoms with Crippen molar-refractivity contribution in [3.63, 3.8) is 0 Å². The molecule has 5 aromatic rings. The highest BCUT2D eigenvalue weighted by Gasteiger charge is 2.14. The molecule has 0 spiro atoms. The smallest absolute Gasteiger partial charge is 0.259 e. The summed E-state index contributed by atoms with van der Waals surface area (Å²) in [6, 6.07) is 24.4. The molecule has 0 saturated heterocycles. The van der Waals surface area contributed by atoms with Crippen LogP contribution in [-0.2, 0) is 0 Å². The van der Waals surface area contributed by atoms with E-state index in [0.29, 0.717) is 27.5 Å². The van der Waals surface area contributed by atoms with E-state index in [1.54, 1.807) is 35.1 Å². The minimum absolute atomic E-state index is 0.319. The maximum Gasteiger partial charge on any atom is 0.259 e. The zero-order valence-corrected chi connectivity index (χ0v) is 17.3. The topological polar surface area (TPSA) is 69.0 Å². The van der Waals surface area contributed by atoms with Crippen LogP contribution in [0.3, 0.4) is 0 Å². The van der Waals surface area contributed by atoms with Gasteiger partial charge in [0, 0.05) is 16.1 Å². The minimum atomic E-state index is -0.319. The van der Waals surface area contributed by atoms with Crippen molar-refractivity contribution in [1.29, 1.82) is 0 Å². The van der Waals surface area contributed by atoms with E-state index in [9.17, 15) is 4.79 Å². The van der Waals surface area contributed by atoms with Crippen molar-refractivity contribution in [2.45, 2.75) is 0 Å². The lowest BCUT2D eigenvalue weighted by atomic mass is 10.1. The van der Waals surface area contributed by atoms with Gasteiger partial charge in [-0.15, -0.1) is 15.0 Å². The van der Waals surface area contributed by atoms with E-state index in [0.717, 1.165) is 22.0 Å². The zero-order chi connectivity index (χ0) is 21.4. The molecule has 0 aliphatic rings. The van der Waals surface area contributed by atoms with Crippen molar-refractivity contribution in [2.24, 2.45) is 0 Å². The van der Waals surface area contributed by atoms with E-state index in [1.165, 1.54) is 7.11 Å². The molecule has 1 N–H and O–H groups in total. The number of rotatable bonds is 4. The van der Waals surface area contributed by atoms with Gasteiger partial charge in [-0.3, -0.25) is 4.79 Å². The molecule has 0 unspecified atom stereocenters. The average molecular weight is 429 g/mol. The van der Waals surface area contributed by atoms with Gasteiger partial charge in [0.15, 0.2) is 0 Å². The summed E-state index contributed by atoms with van der Waals surface area (Å²) in [6.45, 7) is 0. The van der Waals surface area contributed by atoms with Crippen LogP contribution in [0.5, 0.6) is 5.75 Å². The molecule has 0 aliphatic carbocycles. The fourth-order valence-corrected chi connectivity index (χ4v) is 3.71. The summed E-state index contributed by atoms with van der Waals surface area (Å²) < 4.78 is 5.27. The van der Waals surface area contributed by atoms with Crippen LogP contribution in [0, 0.1) is 0 Å². The predicted octanol–water partition coefficient (Wildman–Crippen LogP) is 5.49. The Morgan fingerprint density at radius 2 is 1.74 bits per heavy atom. The molecule has 7 heteroatoms. The van der Waals surface area contributed by atoms with Crippen LogP contribution in [0.2, 0.25) is 5.02 Å². The van der Waals surface area contributed by atoms with E-state index < -0.39 is 0 Å². The molecule has 152 valence electrons. The van der Waals surface area contributed by atoms with Gasteiger partial charge >= 0.3 is 0 Å². The Hall–Kier alpha value is -3.90. The second-order valence-electron chi connectivity index (χ2n) is 6.99. The summed E-state index contributed by atoms with van der Waals surface area (Å²) in [5, 5.41) is 14.7. The molecule has 0 aliphatic heterocycles. The first-order chi connectivity index (χ1) is 15.1. The van der Waals surface area contributed by atoms with Crippen LogP contribution in [0.15, 0.2) is 78.9 Å². The van der Waals surface area contributed by atoms with E-state index in [1.807, 2.05) is 36.4 Å². The Balaban J connectivity index is 1.49. The van der Waals surface area contributed by atoms with Crippen LogP contribution in [-0.4, -0.2) is 28.0 Å². The standard InChI is InChI=1S/C24H17ClN4O2/c1-31-23-12-9-16(25)13-19(23)24(30)26-17-10-11-20-21(14-17)28-29(27-20)22-8-4-6-15-5-2-3-7-18(15)22/h2-14H,1H3,(H,26,30). The molecular weight excluding hydrogens is 412 g/mol. The molecule has 31 heavy (non-hydrogen) atoms. The highest BCUT2D eigenvalue weighted by atomic mass is 35.5. The van der Waals surface area contributed by atoms with E-state index in [2.05, 4.69) is 27.6 Å². The first-order valence-corrected chi connectivity index (χ1v) is 10.0. The minimum Gasteiger partial charge on any atom is -0.496 e. The van der Waals surface area contributed by atoms with Crippen LogP contribution < -0.4 is 10.1 Å². The lowest BCUT2D eigenvalue weighted by Gasteiger charge is -2.09. The number of aromatic nitrogens is 3. The molecule has 4 aromatic carbocycles. The summed E-state index contributed by atoms with van der Waals surface area (Å²) in [6.07, 6.45) is 0. The van der Waals surface area contributed by atoms with Gasteiger partial charge in [-0.05, 0) is 47.9 Å². The first kappa shape index (κ1) is 19.1. The zero-order valence-electron chi connectivity index (χ0n) is 16.5. The Morgan fingerprint density at radius 3 is 2.61 bits per heavy atom. The second-order valence-corrected chi connectivity index (χ2v) is 7.43. The third kappa shape index (κ3) is 3.58. The molecule has 5 rings (SSSR count). The number of amides is 1. The van der Waals surface area contributed by atoms with Crippen molar-refractivity contribution in [3.05, 3.63) is 89.4 Å². The molecule has 1 amide bonds. The quantitative estimate of drug-likeness (QED) is 0.411. The lowest BCUT2D eigenvalue weighted by Crippen LogP contribution is -2.13. The molecule has 0 bridgehead atoms. The van der Waals surface area contributed by atoms with Gasteiger partial charge in [0.05, 0.1) is 18.4 Å². The fraction of sp³-hybridized carbons (Fsp3) is 0.0417. The van der Waals surface area contributed by atoms with Gasteiger partial charge in [0.2, 0.25) is 0 Å². The van der Waals surface area contributed by atoms with Gasteiger partial charge in [-0.25, -0.2) is 0 Å². The highest BCUT2D eigenvalue weighted by Crippen LogP contribution is 2.26. The number of benzene rings is 4. The summed E-state index contributed by atoms with van der Waals surface area (Å²) in [7, 11) is 1.51. The number of anilines is 1. The Kier molecular flexibility index (Phi) is 4.76. The molecule has 0 saturated carbocycles. The highest BCUT2D eigenvalue weighted by molar-refractivity contribution is 6.31. The van der Waals surface area contributed by atoms with Gasteiger partial charge in [-0.1, -0.05) is 48.0 Å². The van der Waals surface area contributed by atoms with Gasteiger partial charge in [0.25, 0.3) is 5.91 Å². The number of halogens is 1. The largest absolute Gasteiger partial charge is 0.496 e. The molecule has 0 fully saturated rings. The summed E-state index contributed by atoms with van der Waals surface area (Å²) in [4.78, 5) is 14.4. The molecular formula is C24H17ClN4O2. The van der Waals surface area contributed by atoms with Crippen molar-refractivity contribution in [3.8, 4) is 11.4 Å².